The van der Waals surface area contributed by atoms with Crippen LogP contribution in [0, 0.1) is 5.92 Å². The Bertz CT molecular complexity index is 425. The van der Waals surface area contributed by atoms with Crippen molar-refractivity contribution in [2.45, 2.75) is 45.8 Å². The quantitative estimate of drug-likeness (QED) is 0.829. The van der Waals surface area contributed by atoms with E-state index in [1.807, 2.05) is 6.33 Å². The van der Waals surface area contributed by atoms with Gasteiger partial charge in [0.1, 0.15) is 6.04 Å². The molecule has 0 amide bonds. The zero-order chi connectivity index (χ0) is 12.6. The first-order valence-corrected chi connectivity index (χ1v) is 6.07. The maximum absolute atomic E-state index is 11.1. The lowest BCUT2D eigenvalue weighted by molar-refractivity contribution is -0.140. The van der Waals surface area contributed by atoms with E-state index < -0.39 is 12.0 Å². The molecular weight excluding hydrogens is 218 g/mol. The smallest absolute Gasteiger partial charge is 0.321 e. The summed E-state index contributed by atoms with van der Waals surface area (Å²) in [5.41, 5.74) is 2.08. The van der Waals surface area contributed by atoms with E-state index in [4.69, 9.17) is 5.11 Å². The first kappa shape index (κ1) is 12.1. The molecular formula is C12H19N3O2. The molecule has 1 unspecified atom stereocenters. The third-order valence-corrected chi connectivity index (χ3v) is 3.34. The maximum atomic E-state index is 11.1. The van der Waals surface area contributed by atoms with E-state index in [2.05, 4.69) is 35.6 Å². The van der Waals surface area contributed by atoms with Gasteiger partial charge in [-0.2, -0.15) is 0 Å². The summed E-state index contributed by atoms with van der Waals surface area (Å²) < 4.78 is 2.10. The number of carboxylic acids is 1. The number of carbonyl (C=O) groups is 1. The van der Waals surface area contributed by atoms with Crippen LogP contribution in [0.25, 0.3) is 0 Å². The molecule has 1 aliphatic rings. The Morgan fingerprint density at radius 3 is 2.94 bits per heavy atom. The van der Waals surface area contributed by atoms with Gasteiger partial charge in [0.15, 0.2) is 0 Å². The van der Waals surface area contributed by atoms with Crippen LogP contribution in [0.15, 0.2) is 6.33 Å². The number of nitrogens with one attached hydrogen (secondary N) is 1. The highest BCUT2D eigenvalue weighted by Gasteiger charge is 2.34. The van der Waals surface area contributed by atoms with Crippen LogP contribution in [-0.4, -0.2) is 26.7 Å². The molecule has 0 saturated heterocycles. The van der Waals surface area contributed by atoms with Gasteiger partial charge < -0.3 is 9.67 Å². The average molecular weight is 237 g/mol. The molecule has 94 valence electrons. The van der Waals surface area contributed by atoms with E-state index >= 15 is 0 Å². The number of nitrogens with zero attached hydrogens (tertiary/aromatic N) is 2. The van der Waals surface area contributed by atoms with Gasteiger partial charge in [0.25, 0.3) is 0 Å². The number of aromatic nitrogens is 2. The SMILES string of the molecule is CCn1cnc2c1C(C(C)C)N[C@@H](C(=O)O)C2. The summed E-state index contributed by atoms with van der Waals surface area (Å²) in [5, 5.41) is 12.3. The van der Waals surface area contributed by atoms with Crippen molar-refractivity contribution in [3.8, 4) is 0 Å². The molecule has 0 aliphatic carbocycles. The van der Waals surface area contributed by atoms with Crippen molar-refractivity contribution < 1.29 is 9.90 Å². The van der Waals surface area contributed by atoms with Crippen LogP contribution in [0.5, 0.6) is 0 Å². The molecule has 1 aliphatic heterocycles. The summed E-state index contributed by atoms with van der Waals surface area (Å²) >= 11 is 0. The average Bonchev–Trinajstić information content (AvgIpc) is 2.70. The Labute approximate surface area is 101 Å². The van der Waals surface area contributed by atoms with Gasteiger partial charge in [-0.25, -0.2) is 4.98 Å². The van der Waals surface area contributed by atoms with E-state index in [1.165, 1.54) is 0 Å². The van der Waals surface area contributed by atoms with Crippen LogP contribution >= 0.6 is 0 Å². The van der Waals surface area contributed by atoms with E-state index in [0.29, 0.717) is 12.3 Å². The minimum atomic E-state index is -0.799. The number of fused-ring (bicyclic) bond motifs is 1. The van der Waals surface area contributed by atoms with Crippen LogP contribution in [0.4, 0.5) is 0 Å². The molecule has 17 heavy (non-hydrogen) atoms. The fraction of sp³-hybridized carbons (Fsp3) is 0.667. The molecule has 0 bridgehead atoms. The summed E-state index contributed by atoms with van der Waals surface area (Å²) in [6, 6.07) is -0.447. The summed E-state index contributed by atoms with van der Waals surface area (Å²) in [4.78, 5) is 15.5. The molecule has 2 atom stereocenters. The lowest BCUT2D eigenvalue weighted by Crippen LogP contribution is -2.46. The summed E-state index contributed by atoms with van der Waals surface area (Å²) in [6.45, 7) is 7.13. The van der Waals surface area contributed by atoms with Crippen molar-refractivity contribution in [3.05, 3.63) is 17.7 Å². The fourth-order valence-corrected chi connectivity index (χ4v) is 2.42. The first-order valence-electron chi connectivity index (χ1n) is 6.07. The summed E-state index contributed by atoms with van der Waals surface area (Å²) in [7, 11) is 0. The van der Waals surface area contributed by atoms with E-state index in [9.17, 15) is 4.79 Å². The van der Waals surface area contributed by atoms with Gasteiger partial charge in [-0.3, -0.25) is 10.1 Å². The van der Waals surface area contributed by atoms with Crippen molar-refractivity contribution in [2.75, 3.05) is 0 Å². The van der Waals surface area contributed by atoms with Crippen molar-refractivity contribution >= 4 is 5.97 Å². The largest absolute Gasteiger partial charge is 0.480 e. The Balaban J connectivity index is 2.40. The third kappa shape index (κ3) is 2.07. The summed E-state index contributed by atoms with van der Waals surface area (Å²) in [6.07, 6.45) is 2.28. The second kappa shape index (κ2) is 4.49. The van der Waals surface area contributed by atoms with Gasteiger partial charge in [-0.1, -0.05) is 13.8 Å². The Morgan fingerprint density at radius 1 is 1.71 bits per heavy atom. The van der Waals surface area contributed by atoms with Crippen molar-refractivity contribution in [1.29, 1.82) is 0 Å². The van der Waals surface area contributed by atoms with Crippen LogP contribution in [-0.2, 0) is 17.8 Å². The standard InChI is InChI=1S/C12H19N3O2/c1-4-15-6-13-8-5-9(12(16)17)14-10(7(2)3)11(8)15/h6-7,9-10,14H,4-5H2,1-3H3,(H,16,17)/t9-,10?/m1/s1. The highest BCUT2D eigenvalue weighted by Crippen LogP contribution is 2.30. The Morgan fingerprint density at radius 2 is 2.41 bits per heavy atom. The molecule has 2 N–H and O–H groups in total. The van der Waals surface area contributed by atoms with E-state index in [0.717, 1.165) is 17.9 Å². The maximum Gasteiger partial charge on any atom is 0.321 e. The zero-order valence-corrected chi connectivity index (χ0v) is 10.5. The zero-order valence-electron chi connectivity index (χ0n) is 10.5. The van der Waals surface area contributed by atoms with Gasteiger partial charge in [0.05, 0.1) is 23.8 Å². The normalized spacial score (nSPS) is 23.8. The van der Waals surface area contributed by atoms with Gasteiger partial charge in [-0.15, -0.1) is 0 Å². The predicted molar refractivity (Wildman–Crippen MR) is 63.7 cm³/mol. The fourth-order valence-electron chi connectivity index (χ4n) is 2.42. The molecule has 0 fully saturated rings. The predicted octanol–water partition coefficient (Wildman–Crippen LogP) is 1.20. The van der Waals surface area contributed by atoms with Crippen LogP contribution < -0.4 is 5.32 Å². The molecule has 5 nitrogen and oxygen atoms in total. The lowest BCUT2D eigenvalue weighted by atomic mass is 9.91. The minimum absolute atomic E-state index is 0.0716. The number of carboxylic acid groups (broad SMARTS) is 1. The molecule has 1 aromatic rings. The van der Waals surface area contributed by atoms with Crippen molar-refractivity contribution in [2.24, 2.45) is 5.92 Å². The molecule has 5 heteroatoms. The monoisotopic (exact) mass is 237 g/mol. The highest BCUT2D eigenvalue weighted by molar-refractivity contribution is 5.74. The van der Waals surface area contributed by atoms with Crippen LogP contribution in [0.2, 0.25) is 0 Å². The number of rotatable bonds is 3. The Kier molecular flexibility index (Phi) is 3.19. The minimum Gasteiger partial charge on any atom is -0.480 e. The summed E-state index contributed by atoms with van der Waals surface area (Å²) in [5.74, 6) is -0.453. The van der Waals surface area contributed by atoms with Gasteiger partial charge >= 0.3 is 5.97 Å². The number of hydrogen-bond acceptors (Lipinski definition) is 3. The molecule has 2 heterocycles. The first-order chi connectivity index (χ1) is 8.04. The topological polar surface area (TPSA) is 67.2 Å². The molecule has 2 rings (SSSR count). The van der Waals surface area contributed by atoms with E-state index in [1.54, 1.807) is 0 Å². The molecule has 0 spiro atoms. The molecule has 0 saturated carbocycles. The molecule has 0 aromatic carbocycles. The molecule has 1 aromatic heterocycles. The third-order valence-electron chi connectivity index (χ3n) is 3.34. The number of aliphatic carboxylic acids is 1. The van der Waals surface area contributed by atoms with Gasteiger partial charge in [0, 0.05) is 13.0 Å². The second-order valence-corrected chi connectivity index (χ2v) is 4.85. The number of aryl methyl sites for hydroxylation is 1. The number of imidazole rings is 1. The lowest BCUT2D eigenvalue weighted by Gasteiger charge is -2.32. The van der Waals surface area contributed by atoms with Gasteiger partial charge in [-0.05, 0) is 12.8 Å². The number of hydrogen-bond donors (Lipinski definition) is 2. The molecule has 0 radical (unpaired) electrons. The second-order valence-electron chi connectivity index (χ2n) is 4.85. The van der Waals surface area contributed by atoms with Crippen molar-refractivity contribution in [1.82, 2.24) is 14.9 Å². The Hall–Kier alpha value is -1.36. The van der Waals surface area contributed by atoms with Crippen molar-refractivity contribution in [3.63, 3.8) is 0 Å². The van der Waals surface area contributed by atoms with Crippen LogP contribution in [0.1, 0.15) is 38.2 Å². The van der Waals surface area contributed by atoms with Crippen LogP contribution in [0.3, 0.4) is 0 Å². The van der Waals surface area contributed by atoms with Gasteiger partial charge in [0.2, 0.25) is 0 Å². The van der Waals surface area contributed by atoms with E-state index in [-0.39, 0.29) is 6.04 Å². The highest BCUT2D eigenvalue weighted by atomic mass is 16.4.